The number of amides is 1. The molecule has 3 aromatic carbocycles. The van der Waals surface area contributed by atoms with Crippen LogP contribution in [-0.4, -0.2) is 30.3 Å². The Kier molecular flexibility index (Phi) is 8.07. The Morgan fingerprint density at radius 3 is 2.35 bits per heavy atom. The summed E-state index contributed by atoms with van der Waals surface area (Å²) in [5, 5.41) is 0. The molecule has 1 saturated heterocycles. The Hall–Kier alpha value is -3.93. The zero-order valence-electron chi connectivity index (χ0n) is 21.8. The van der Waals surface area contributed by atoms with E-state index in [0.717, 1.165) is 16.9 Å². The lowest BCUT2D eigenvalue weighted by molar-refractivity contribution is -0.151. The zero-order chi connectivity index (χ0) is 26.5. The van der Waals surface area contributed by atoms with Crippen molar-refractivity contribution in [2.45, 2.75) is 52.6 Å². The van der Waals surface area contributed by atoms with Crippen LogP contribution in [0, 0.1) is 12.8 Å². The Bertz CT molecular complexity index is 1270. The van der Waals surface area contributed by atoms with Gasteiger partial charge in [0.1, 0.15) is 11.5 Å². The molecule has 3 aromatic rings. The van der Waals surface area contributed by atoms with Gasteiger partial charge in [-0.15, -0.1) is 0 Å². The molecule has 0 radical (unpaired) electrons. The number of carbonyl (C=O) groups excluding carboxylic acids is 3. The largest absolute Gasteiger partial charge is 0.457 e. The molecule has 1 heterocycles. The zero-order valence-corrected chi connectivity index (χ0v) is 21.8. The van der Waals surface area contributed by atoms with Crippen LogP contribution in [0.2, 0.25) is 0 Å². The fourth-order valence-corrected chi connectivity index (χ4v) is 4.49. The van der Waals surface area contributed by atoms with Gasteiger partial charge in [-0.1, -0.05) is 63.2 Å². The molecule has 6 nitrogen and oxygen atoms in total. The lowest BCUT2D eigenvalue weighted by atomic mass is 10.0. The second kappa shape index (κ2) is 11.4. The van der Waals surface area contributed by atoms with Crippen molar-refractivity contribution in [3.05, 3.63) is 89.5 Å². The van der Waals surface area contributed by atoms with Crippen molar-refractivity contribution >= 4 is 23.3 Å². The van der Waals surface area contributed by atoms with E-state index in [2.05, 4.69) is 26.0 Å². The molecule has 1 fully saturated rings. The summed E-state index contributed by atoms with van der Waals surface area (Å²) in [7, 11) is 0. The molecule has 6 heteroatoms. The average Bonchev–Trinajstić information content (AvgIpc) is 3.29. The minimum atomic E-state index is -0.868. The van der Waals surface area contributed by atoms with Crippen LogP contribution in [0.1, 0.15) is 61.0 Å². The van der Waals surface area contributed by atoms with Gasteiger partial charge in [0.15, 0.2) is 6.10 Å². The van der Waals surface area contributed by atoms with Crippen LogP contribution >= 0.6 is 0 Å². The fraction of sp³-hybridized carbons (Fsp3) is 0.323. The first-order valence-electron chi connectivity index (χ1n) is 12.8. The van der Waals surface area contributed by atoms with Crippen molar-refractivity contribution in [1.82, 2.24) is 0 Å². The number of Topliss-reactive ketones (excluding diaryl/α,β-unsaturated/α-hetero) is 1. The molecule has 4 rings (SSSR count). The second-order valence-corrected chi connectivity index (χ2v) is 9.76. The summed E-state index contributed by atoms with van der Waals surface area (Å²) in [6.45, 7) is 8.29. The van der Waals surface area contributed by atoms with Gasteiger partial charge in [0.2, 0.25) is 11.7 Å². The highest BCUT2D eigenvalue weighted by atomic mass is 16.5. The first-order chi connectivity index (χ1) is 17.8. The molecule has 0 unspecified atom stereocenters. The Labute approximate surface area is 218 Å². The van der Waals surface area contributed by atoms with Gasteiger partial charge in [-0.2, -0.15) is 0 Å². The number of aryl methyl sites for hydroxylation is 1. The van der Waals surface area contributed by atoms with Gasteiger partial charge in [0, 0.05) is 24.2 Å². The van der Waals surface area contributed by atoms with Crippen LogP contribution in [0.4, 0.5) is 5.69 Å². The van der Waals surface area contributed by atoms with Gasteiger partial charge in [-0.25, -0.2) is 0 Å². The van der Waals surface area contributed by atoms with Crippen molar-refractivity contribution in [3.63, 3.8) is 0 Å². The standard InChI is InChI=1S/C31H33NO5/c1-5-27(30(34)22-9-7-6-8-10-22)37-31(35)23-18-29(33)32(19-23)24-12-14-25(15-13-24)36-28-17-21(4)11-16-26(28)20(2)3/h6-17,20,23,27H,5,18-19H2,1-4H3/t23-,27-/m1/s1. The number of anilines is 1. The molecule has 0 bridgehead atoms. The summed E-state index contributed by atoms with van der Waals surface area (Å²) in [6.07, 6.45) is -0.452. The van der Waals surface area contributed by atoms with Crippen molar-refractivity contribution < 1.29 is 23.9 Å². The lowest BCUT2D eigenvalue weighted by Crippen LogP contribution is -2.31. The fourth-order valence-electron chi connectivity index (χ4n) is 4.49. The molecular weight excluding hydrogens is 466 g/mol. The van der Waals surface area contributed by atoms with Crippen molar-refractivity contribution in [1.29, 1.82) is 0 Å². The molecule has 1 aliphatic rings. The van der Waals surface area contributed by atoms with Gasteiger partial charge in [0.05, 0.1) is 5.92 Å². The maximum atomic E-state index is 12.9. The van der Waals surface area contributed by atoms with Gasteiger partial charge in [-0.05, 0) is 60.7 Å². The number of carbonyl (C=O) groups is 3. The Balaban J connectivity index is 1.41. The van der Waals surface area contributed by atoms with E-state index in [9.17, 15) is 14.4 Å². The minimum absolute atomic E-state index is 0.0497. The summed E-state index contributed by atoms with van der Waals surface area (Å²) in [6, 6.07) is 22.3. The maximum Gasteiger partial charge on any atom is 0.312 e. The lowest BCUT2D eigenvalue weighted by Gasteiger charge is -2.19. The third kappa shape index (κ3) is 6.08. The van der Waals surface area contributed by atoms with Crippen LogP contribution in [-0.2, 0) is 14.3 Å². The van der Waals surface area contributed by atoms with Gasteiger partial charge >= 0.3 is 5.97 Å². The average molecular weight is 500 g/mol. The maximum absolute atomic E-state index is 12.9. The van der Waals surface area contributed by atoms with E-state index in [-0.39, 0.29) is 24.7 Å². The summed E-state index contributed by atoms with van der Waals surface area (Å²) < 4.78 is 11.7. The molecule has 0 N–H and O–H groups in total. The molecule has 0 spiro atoms. The van der Waals surface area contributed by atoms with Gasteiger partial charge < -0.3 is 14.4 Å². The second-order valence-electron chi connectivity index (χ2n) is 9.76. The van der Waals surface area contributed by atoms with E-state index < -0.39 is 18.0 Å². The first-order valence-corrected chi connectivity index (χ1v) is 12.8. The summed E-state index contributed by atoms with van der Waals surface area (Å²) in [4.78, 5) is 40.0. The molecule has 2 atom stereocenters. The smallest absolute Gasteiger partial charge is 0.312 e. The highest BCUT2D eigenvalue weighted by molar-refractivity contribution is 6.02. The number of benzene rings is 3. The number of rotatable bonds is 9. The van der Waals surface area contributed by atoms with Crippen LogP contribution in [0.5, 0.6) is 11.5 Å². The monoisotopic (exact) mass is 499 g/mol. The normalized spacial score (nSPS) is 16.1. The molecule has 0 saturated carbocycles. The number of esters is 1. The summed E-state index contributed by atoms with van der Waals surface area (Å²) >= 11 is 0. The molecule has 37 heavy (non-hydrogen) atoms. The topological polar surface area (TPSA) is 72.9 Å². The van der Waals surface area contributed by atoms with Gasteiger partial charge in [-0.3, -0.25) is 14.4 Å². The first kappa shape index (κ1) is 26.1. The van der Waals surface area contributed by atoms with Crippen LogP contribution < -0.4 is 9.64 Å². The molecular formula is C31H33NO5. The number of ketones is 1. The van der Waals surface area contributed by atoms with E-state index in [4.69, 9.17) is 9.47 Å². The van der Waals surface area contributed by atoms with Crippen LogP contribution in [0.25, 0.3) is 0 Å². The number of hydrogen-bond donors (Lipinski definition) is 0. The van der Waals surface area contributed by atoms with Crippen LogP contribution in [0.3, 0.4) is 0 Å². The molecule has 192 valence electrons. The summed E-state index contributed by atoms with van der Waals surface area (Å²) in [5.41, 5.74) is 3.43. The molecule has 0 aliphatic carbocycles. The third-order valence-electron chi connectivity index (χ3n) is 6.61. The number of hydrogen-bond acceptors (Lipinski definition) is 5. The van der Waals surface area contributed by atoms with Crippen LogP contribution in [0.15, 0.2) is 72.8 Å². The van der Waals surface area contributed by atoms with Crippen molar-refractivity contribution in [3.8, 4) is 11.5 Å². The predicted octanol–water partition coefficient (Wildman–Crippen LogP) is 6.47. The van der Waals surface area contributed by atoms with Gasteiger partial charge in [0.25, 0.3) is 0 Å². The third-order valence-corrected chi connectivity index (χ3v) is 6.61. The minimum Gasteiger partial charge on any atom is -0.457 e. The van der Waals surface area contributed by atoms with E-state index in [0.29, 0.717) is 29.3 Å². The molecule has 1 amide bonds. The van der Waals surface area contributed by atoms with Crippen molar-refractivity contribution in [2.75, 3.05) is 11.4 Å². The van der Waals surface area contributed by atoms with E-state index in [1.54, 1.807) is 36.1 Å². The van der Waals surface area contributed by atoms with E-state index in [1.165, 1.54) is 0 Å². The number of nitrogens with zero attached hydrogens (tertiary/aromatic N) is 1. The Morgan fingerprint density at radius 1 is 1.00 bits per heavy atom. The highest BCUT2D eigenvalue weighted by Crippen LogP contribution is 2.33. The summed E-state index contributed by atoms with van der Waals surface area (Å²) in [5.74, 6) is 0.280. The SMILES string of the molecule is CC[C@@H](OC(=O)[C@@H]1CC(=O)N(c2ccc(Oc3cc(C)ccc3C(C)C)cc2)C1)C(=O)c1ccccc1. The predicted molar refractivity (Wildman–Crippen MR) is 143 cm³/mol. The molecule has 0 aromatic heterocycles. The van der Waals surface area contributed by atoms with Crippen molar-refractivity contribution in [2.24, 2.45) is 5.92 Å². The number of ether oxygens (including phenoxy) is 2. The molecule has 1 aliphatic heterocycles. The van der Waals surface area contributed by atoms with E-state index in [1.807, 2.05) is 43.3 Å². The van der Waals surface area contributed by atoms with E-state index >= 15 is 0 Å². The highest BCUT2D eigenvalue weighted by Gasteiger charge is 2.37. The Morgan fingerprint density at radius 2 is 1.70 bits per heavy atom. The quantitative estimate of drug-likeness (QED) is 0.249.